The van der Waals surface area contributed by atoms with Crippen molar-refractivity contribution in [2.24, 2.45) is 5.92 Å². The van der Waals surface area contributed by atoms with Crippen LogP contribution in [0.25, 0.3) is 0 Å². The number of fused-ring (bicyclic) bond motifs is 1. The van der Waals surface area contributed by atoms with Crippen molar-refractivity contribution in [1.82, 2.24) is 10.0 Å². The molecule has 1 saturated carbocycles. The Morgan fingerprint density at radius 2 is 2.29 bits per heavy atom. The Kier molecular flexibility index (Phi) is 2.55. The van der Waals surface area contributed by atoms with Gasteiger partial charge in [0, 0.05) is 6.20 Å². The van der Waals surface area contributed by atoms with E-state index >= 15 is 0 Å². The molecule has 0 atom stereocenters. The van der Waals surface area contributed by atoms with Gasteiger partial charge in [-0.15, -0.1) is 0 Å². The number of hydrogen-bond donors (Lipinski definition) is 0. The van der Waals surface area contributed by atoms with Crippen LogP contribution in [-0.4, -0.2) is 29.1 Å². The van der Waals surface area contributed by atoms with E-state index in [1.165, 1.54) is 5.06 Å². The lowest BCUT2D eigenvalue weighted by atomic mass is 10.0. The monoisotopic (exact) mass is 236 g/mol. The highest BCUT2D eigenvalue weighted by atomic mass is 19.1. The number of pyridine rings is 1. The third-order valence-electron chi connectivity index (χ3n) is 3.17. The molecular formula is C12H13FN2O2. The number of halogens is 1. The molecule has 1 aromatic heterocycles. The van der Waals surface area contributed by atoms with Crippen molar-refractivity contribution in [3.63, 3.8) is 0 Å². The van der Waals surface area contributed by atoms with Gasteiger partial charge in [-0.2, -0.15) is 0 Å². The van der Waals surface area contributed by atoms with E-state index in [0.717, 1.165) is 19.0 Å². The van der Waals surface area contributed by atoms with Gasteiger partial charge >= 0.3 is 0 Å². The van der Waals surface area contributed by atoms with Gasteiger partial charge in [0.15, 0.2) is 5.82 Å². The van der Waals surface area contributed by atoms with Gasteiger partial charge in [-0.05, 0) is 30.7 Å². The number of aromatic nitrogens is 1. The first kappa shape index (κ1) is 10.7. The van der Waals surface area contributed by atoms with E-state index in [2.05, 4.69) is 4.98 Å². The average Bonchev–Trinajstić information content (AvgIpc) is 3.12. The Morgan fingerprint density at radius 1 is 1.47 bits per heavy atom. The highest BCUT2D eigenvalue weighted by Gasteiger charge is 2.30. The molecule has 0 bridgehead atoms. The Hall–Kier alpha value is -1.49. The maximum absolute atomic E-state index is 13.5. The zero-order valence-electron chi connectivity index (χ0n) is 9.36. The van der Waals surface area contributed by atoms with Crippen molar-refractivity contribution in [2.75, 3.05) is 13.2 Å². The number of nitrogens with zero attached hydrogens (tertiary/aromatic N) is 2. The van der Waals surface area contributed by atoms with Crippen molar-refractivity contribution in [2.45, 2.75) is 19.3 Å². The zero-order valence-corrected chi connectivity index (χ0v) is 9.36. The summed E-state index contributed by atoms with van der Waals surface area (Å²) in [5.74, 6) is -0.370. The van der Waals surface area contributed by atoms with Crippen LogP contribution in [0.15, 0.2) is 12.4 Å². The summed E-state index contributed by atoms with van der Waals surface area (Å²) in [6.45, 7) is 1.04. The lowest BCUT2D eigenvalue weighted by molar-refractivity contribution is -0.129. The first-order valence-corrected chi connectivity index (χ1v) is 5.83. The third kappa shape index (κ3) is 2.02. The topological polar surface area (TPSA) is 42.4 Å². The van der Waals surface area contributed by atoms with Crippen LogP contribution in [0.3, 0.4) is 0 Å². The molecule has 3 rings (SSSR count). The molecule has 2 aliphatic rings. The van der Waals surface area contributed by atoms with Gasteiger partial charge in [0.25, 0.3) is 5.91 Å². The predicted molar refractivity (Wildman–Crippen MR) is 57.6 cm³/mol. The standard InChI is InChI=1S/C12H13FN2O2/c13-10-6-14-5-9-3-4-15(12(16)11(9)10)17-7-8-1-2-8/h5-6,8H,1-4,7H2. The zero-order chi connectivity index (χ0) is 11.8. The van der Waals surface area contributed by atoms with Gasteiger partial charge in [0.2, 0.25) is 0 Å². The molecule has 2 heterocycles. The van der Waals surface area contributed by atoms with Crippen molar-refractivity contribution < 1.29 is 14.0 Å². The second-order valence-corrected chi connectivity index (χ2v) is 4.55. The van der Waals surface area contributed by atoms with Crippen molar-refractivity contribution >= 4 is 5.91 Å². The van der Waals surface area contributed by atoms with E-state index in [4.69, 9.17) is 4.84 Å². The van der Waals surface area contributed by atoms with Crippen molar-refractivity contribution in [3.05, 3.63) is 29.3 Å². The smallest absolute Gasteiger partial charge is 0.270 e. The highest BCUT2D eigenvalue weighted by Crippen LogP contribution is 2.30. The maximum Gasteiger partial charge on any atom is 0.280 e. The van der Waals surface area contributed by atoms with E-state index in [1.807, 2.05) is 0 Å². The lowest BCUT2D eigenvalue weighted by Crippen LogP contribution is -2.38. The summed E-state index contributed by atoms with van der Waals surface area (Å²) in [5, 5.41) is 1.28. The van der Waals surface area contributed by atoms with Crippen LogP contribution in [0.4, 0.5) is 4.39 Å². The van der Waals surface area contributed by atoms with Gasteiger partial charge < -0.3 is 0 Å². The summed E-state index contributed by atoms with van der Waals surface area (Å²) in [6.07, 6.45) is 5.54. The molecule has 90 valence electrons. The molecule has 0 unspecified atom stereocenters. The maximum atomic E-state index is 13.5. The normalized spacial score (nSPS) is 19.4. The summed E-state index contributed by atoms with van der Waals surface area (Å²) >= 11 is 0. The van der Waals surface area contributed by atoms with Gasteiger partial charge in [-0.1, -0.05) is 0 Å². The molecule has 1 fully saturated rings. The Morgan fingerprint density at radius 3 is 3.06 bits per heavy atom. The van der Waals surface area contributed by atoms with Gasteiger partial charge in [0.1, 0.15) is 0 Å². The van der Waals surface area contributed by atoms with E-state index in [0.29, 0.717) is 31.1 Å². The number of amides is 1. The summed E-state index contributed by atoms with van der Waals surface area (Å²) in [4.78, 5) is 21.2. The molecule has 1 amide bonds. The Labute approximate surface area is 98.3 Å². The summed E-state index contributed by atoms with van der Waals surface area (Å²) in [6, 6.07) is 0. The fourth-order valence-corrected chi connectivity index (χ4v) is 1.96. The number of hydrogen-bond acceptors (Lipinski definition) is 3. The molecule has 1 aliphatic heterocycles. The lowest BCUT2D eigenvalue weighted by Gasteiger charge is -2.27. The molecule has 17 heavy (non-hydrogen) atoms. The van der Waals surface area contributed by atoms with Crippen LogP contribution in [0, 0.1) is 11.7 Å². The number of carbonyl (C=O) groups excluding carboxylic acids is 1. The first-order valence-electron chi connectivity index (χ1n) is 5.83. The molecule has 1 aromatic rings. The SMILES string of the molecule is O=C1c2c(F)cncc2CCN1OCC1CC1. The fraction of sp³-hybridized carbons (Fsp3) is 0.500. The molecule has 1 aliphatic carbocycles. The minimum atomic E-state index is -0.563. The first-order chi connectivity index (χ1) is 8.25. The van der Waals surface area contributed by atoms with Crippen LogP contribution in [0.5, 0.6) is 0 Å². The quantitative estimate of drug-likeness (QED) is 0.799. The van der Waals surface area contributed by atoms with E-state index < -0.39 is 5.82 Å². The minimum Gasteiger partial charge on any atom is -0.270 e. The highest BCUT2D eigenvalue weighted by molar-refractivity contribution is 5.96. The molecule has 5 heteroatoms. The predicted octanol–water partition coefficient (Wildman–Crippen LogP) is 1.56. The summed E-state index contributed by atoms with van der Waals surface area (Å²) < 4.78 is 13.5. The van der Waals surface area contributed by atoms with Gasteiger partial charge in [-0.3, -0.25) is 14.6 Å². The second kappa shape index (κ2) is 4.07. The fourth-order valence-electron chi connectivity index (χ4n) is 1.96. The van der Waals surface area contributed by atoms with E-state index in [1.54, 1.807) is 6.20 Å². The number of carbonyl (C=O) groups is 1. The van der Waals surface area contributed by atoms with Crippen LogP contribution < -0.4 is 0 Å². The van der Waals surface area contributed by atoms with Crippen LogP contribution in [0.1, 0.15) is 28.8 Å². The molecular weight excluding hydrogens is 223 g/mol. The number of hydroxylamine groups is 2. The van der Waals surface area contributed by atoms with Crippen molar-refractivity contribution in [1.29, 1.82) is 0 Å². The Balaban J connectivity index is 1.78. The van der Waals surface area contributed by atoms with Crippen molar-refractivity contribution in [3.8, 4) is 0 Å². The summed E-state index contributed by atoms with van der Waals surface area (Å²) in [5.41, 5.74) is 0.781. The minimum absolute atomic E-state index is 0.113. The van der Waals surface area contributed by atoms with E-state index in [-0.39, 0.29) is 11.5 Å². The average molecular weight is 236 g/mol. The Bertz CT molecular complexity index is 460. The molecule has 0 aromatic carbocycles. The van der Waals surface area contributed by atoms with E-state index in [9.17, 15) is 9.18 Å². The van der Waals surface area contributed by atoms with Crippen LogP contribution in [0.2, 0.25) is 0 Å². The molecule has 0 saturated heterocycles. The molecule has 0 radical (unpaired) electrons. The van der Waals surface area contributed by atoms with Gasteiger partial charge in [-0.25, -0.2) is 9.45 Å². The summed E-state index contributed by atoms with van der Waals surface area (Å²) in [7, 11) is 0. The molecule has 4 nitrogen and oxygen atoms in total. The number of rotatable bonds is 3. The second-order valence-electron chi connectivity index (χ2n) is 4.55. The van der Waals surface area contributed by atoms with Crippen LogP contribution >= 0.6 is 0 Å². The largest absolute Gasteiger partial charge is 0.280 e. The third-order valence-corrected chi connectivity index (χ3v) is 3.17. The van der Waals surface area contributed by atoms with Gasteiger partial charge in [0.05, 0.1) is 24.9 Å². The van der Waals surface area contributed by atoms with Crippen LogP contribution in [-0.2, 0) is 11.3 Å². The molecule has 0 spiro atoms. The molecule has 0 N–H and O–H groups in total.